The Hall–Kier alpha value is -3.70. The van der Waals surface area contributed by atoms with E-state index in [1.165, 1.54) is 0 Å². The molecule has 0 saturated carbocycles. The van der Waals surface area contributed by atoms with Crippen LogP contribution in [-0.4, -0.2) is 54.4 Å². The monoisotopic (exact) mass is 491 g/mol. The summed E-state index contributed by atoms with van der Waals surface area (Å²) in [5, 5.41) is 3.03. The molecular formula is C23H25F4N7O. The Balaban J connectivity index is 1.87. The van der Waals surface area contributed by atoms with Crippen LogP contribution in [0.5, 0.6) is 0 Å². The number of hydrogen-bond donors (Lipinski definition) is 1. The van der Waals surface area contributed by atoms with Crippen molar-refractivity contribution >= 4 is 11.7 Å². The van der Waals surface area contributed by atoms with Crippen molar-refractivity contribution in [2.24, 2.45) is 0 Å². The molecule has 3 heterocycles. The Bertz CT molecular complexity index is 1150. The summed E-state index contributed by atoms with van der Waals surface area (Å²) in [4.78, 5) is 34.8. The first-order valence-electron chi connectivity index (χ1n) is 11.0. The van der Waals surface area contributed by atoms with E-state index in [0.717, 1.165) is 24.2 Å². The van der Waals surface area contributed by atoms with Crippen LogP contribution in [0.3, 0.4) is 0 Å². The normalized spacial score (nSPS) is 13.3. The first-order valence-corrected chi connectivity index (χ1v) is 11.0. The van der Waals surface area contributed by atoms with Gasteiger partial charge in [-0.15, -0.1) is 0 Å². The summed E-state index contributed by atoms with van der Waals surface area (Å²) in [6.45, 7) is 7.65. The minimum absolute atomic E-state index is 0.115. The number of amides is 1. The number of halogens is 4. The summed E-state index contributed by atoms with van der Waals surface area (Å²) in [6, 6.07) is 0.967. The number of aromatic nitrogens is 5. The number of anilines is 1. The molecule has 2 atom stereocenters. The van der Waals surface area contributed by atoms with E-state index in [2.05, 4.69) is 30.2 Å². The van der Waals surface area contributed by atoms with Crippen LogP contribution >= 0.6 is 0 Å². The molecule has 8 nitrogen and oxygen atoms in total. The van der Waals surface area contributed by atoms with E-state index in [1.54, 1.807) is 31.0 Å². The number of carbonyl (C=O) groups is 1. The second-order valence-corrected chi connectivity index (χ2v) is 7.92. The second kappa shape index (κ2) is 10.7. The standard InChI is InChI=1S/C23H25F4N7O/c1-5-17(14(4)33-19-12-28-18(11-29-19)23(25,26)27)34(6-2)22(35)20-16(7-13(3)8-30-20)21-31-9-15(24)10-32-21/h7-12,14,17H,5-6H2,1-4H3,(H,29,33). The predicted octanol–water partition coefficient (Wildman–Crippen LogP) is 4.54. The highest BCUT2D eigenvalue weighted by Crippen LogP contribution is 2.27. The Morgan fingerprint density at radius 1 is 1.03 bits per heavy atom. The van der Waals surface area contributed by atoms with Crippen LogP contribution < -0.4 is 5.32 Å². The van der Waals surface area contributed by atoms with E-state index in [1.807, 2.05) is 13.8 Å². The number of rotatable bonds is 8. The maximum Gasteiger partial charge on any atom is 0.434 e. The number of hydrogen-bond acceptors (Lipinski definition) is 7. The Morgan fingerprint density at radius 3 is 2.26 bits per heavy atom. The van der Waals surface area contributed by atoms with Gasteiger partial charge in [-0.3, -0.25) is 9.78 Å². The zero-order valence-electron chi connectivity index (χ0n) is 19.6. The second-order valence-electron chi connectivity index (χ2n) is 7.92. The molecule has 0 aliphatic heterocycles. The van der Waals surface area contributed by atoms with E-state index in [0.29, 0.717) is 24.7 Å². The summed E-state index contributed by atoms with van der Waals surface area (Å²) in [6.07, 6.45) is 1.20. The summed E-state index contributed by atoms with van der Waals surface area (Å²) in [5.74, 6) is -0.660. The fourth-order valence-electron chi connectivity index (χ4n) is 3.75. The lowest BCUT2D eigenvalue weighted by Gasteiger charge is -2.35. The van der Waals surface area contributed by atoms with E-state index in [-0.39, 0.29) is 35.3 Å². The van der Waals surface area contributed by atoms with Crippen molar-refractivity contribution in [1.29, 1.82) is 0 Å². The summed E-state index contributed by atoms with van der Waals surface area (Å²) >= 11 is 0. The molecule has 186 valence electrons. The minimum atomic E-state index is -4.58. The molecule has 3 rings (SSSR count). The quantitative estimate of drug-likeness (QED) is 0.462. The maximum absolute atomic E-state index is 13.6. The molecule has 3 aromatic heterocycles. The van der Waals surface area contributed by atoms with Gasteiger partial charge in [0.2, 0.25) is 0 Å². The predicted molar refractivity (Wildman–Crippen MR) is 121 cm³/mol. The third kappa shape index (κ3) is 6.06. The Kier molecular flexibility index (Phi) is 7.92. The van der Waals surface area contributed by atoms with Crippen LogP contribution in [-0.2, 0) is 6.18 Å². The molecule has 3 aromatic rings. The highest BCUT2D eigenvalue weighted by atomic mass is 19.4. The topological polar surface area (TPSA) is 96.8 Å². The van der Waals surface area contributed by atoms with Gasteiger partial charge in [0, 0.05) is 18.8 Å². The van der Waals surface area contributed by atoms with Crippen LogP contribution in [0.15, 0.2) is 37.1 Å². The van der Waals surface area contributed by atoms with Crippen molar-refractivity contribution in [3.63, 3.8) is 0 Å². The minimum Gasteiger partial charge on any atom is -0.364 e. The fraction of sp³-hybridized carbons (Fsp3) is 0.391. The third-order valence-electron chi connectivity index (χ3n) is 5.40. The van der Waals surface area contributed by atoms with Gasteiger partial charge < -0.3 is 10.2 Å². The van der Waals surface area contributed by atoms with Crippen molar-refractivity contribution in [3.05, 3.63) is 59.8 Å². The van der Waals surface area contributed by atoms with Gasteiger partial charge in [-0.2, -0.15) is 13.2 Å². The van der Waals surface area contributed by atoms with Gasteiger partial charge in [0.05, 0.1) is 36.4 Å². The van der Waals surface area contributed by atoms with Crippen molar-refractivity contribution in [2.75, 3.05) is 11.9 Å². The summed E-state index contributed by atoms with van der Waals surface area (Å²) in [7, 11) is 0. The number of alkyl halides is 3. The van der Waals surface area contributed by atoms with Gasteiger partial charge in [0.25, 0.3) is 5.91 Å². The molecule has 1 amide bonds. The van der Waals surface area contributed by atoms with Gasteiger partial charge in [-0.05, 0) is 38.8 Å². The highest BCUT2D eigenvalue weighted by Gasteiger charge is 2.33. The molecule has 0 bridgehead atoms. The number of pyridine rings is 1. The maximum atomic E-state index is 13.6. The van der Waals surface area contributed by atoms with Gasteiger partial charge in [0.15, 0.2) is 17.3 Å². The van der Waals surface area contributed by atoms with Crippen LogP contribution in [0, 0.1) is 12.7 Å². The largest absolute Gasteiger partial charge is 0.434 e. The van der Waals surface area contributed by atoms with Gasteiger partial charge in [-0.25, -0.2) is 24.3 Å². The molecule has 1 N–H and O–H groups in total. The van der Waals surface area contributed by atoms with Crippen LogP contribution in [0.25, 0.3) is 11.4 Å². The van der Waals surface area contributed by atoms with Gasteiger partial charge >= 0.3 is 6.18 Å². The first-order chi connectivity index (χ1) is 16.5. The molecule has 0 saturated heterocycles. The number of aryl methyl sites for hydroxylation is 1. The molecule has 0 aliphatic carbocycles. The molecule has 0 aromatic carbocycles. The lowest BCUT2D eigenvalue weighted by atomic mass is 10.0. The molecule has 0 aliphatic rings. The van der Waals surface area contributed by atoms with Crippen molar-refractivity contribution in [2.45, 2.75) is 52.4 Å². The molecule has 0 fully saturated rings. The average molecular weight is 491 g/mol. The fourth-order valence-corrected chi connectivity index (χ4v) is 3.75. The molecule has 0 radical (unpaired) electrons. The Labute approximate surface area is 199 Å². The van der Waals surface area contributed by atoms with Crippen molar-refractivity contribution in [3.8, 4) is 11.4 Å². The third-order valence-corrected chi connectivity index (χ3v) is 5.40. The number of nitrogens with zero attached hydrogens (tertiary/aromatic N) is 6. The number of likely N-dealkylation sites (N-methyl/N-ethyl adjacent to an activating group) is 1. The first kappa shape index (κ1) is 25.9. The number of carbonyl (C=O) groups excluding carboxylic acids is 1. The van der Waals surface area contributed by atoms with E-state index in [9.17, 15) is 22.4 Å². The average Bonchev–Trinajstić information content (AvgIpc) is 2.82. The zero-order valence-corrected chi connectivity index (χ0v) is 19.6. The molecule has 12 heteroatoms. The SMILES string of the molecule is CCC(C(C)Nc1cnc(C(F)(F)F)cn1)N(CC)C(=O)c1ncc(C)cc1-c1ncc(F)cn1. The lowest BCUT2D eigenvalue weighted by Crippen LogP contribution is -2.48. The Morgan fingerprint density at radius 2 is 1.71 bits per heavy atom. The van der Waals surface area contributed by atoms with Crippen LogP contribution in [0.4, 0.5) is 23.4 Å². The highest BCUT2D eigenvalue weighted by molar-refractivity contribution is 5.98. The zero-order chi connectivity index (χ0) is 25.8. The van der Waals surface area contributed by atoms with Crippen molar-refractivity contribution in [1.82, 2.24) is 29.8 Å². The van der Waals surface area contributed by atoms with E-state index < -0.39 is 17.7 Å². The smallest absolute Gasteiger partial charge is 0.364 e. The summed E-state index contributed by atoms with van der Waals surface area (Å²) < 4.78 is 51.6. The molecule has 35 heavy (non-hydrogen) atoms. The van der Waals surface area contributed by atoms with Crippen LogP contribution in [0.1, 0.15) is 48.9 Å². The number of nitrogens with one attached hydrogen (secondary N) is 1. The molecule has 0 spiro atoms. The molecular weight excluding hydrogens is 466 g/mol. The van der Waals surface area contributed by atoms with E-state index >= 15 is 0 Å². The van der Waals surface area contributed by atoms with Crippen molar-refractivity contribution < 1.29 is 22.4 Å². The summed E-state index contributed by atoms with van der Waals surface area (Å²) in [5.41, 5.74) is 0.172. The van der Waals surface area contributed by atoms with Crippen LogP contribution in [0.2, 0.25) is 0 Å². The molecule has 2 unspecified atom stereocenters. The van der Waals surface area contributed by atoms with Gasteiger partial charge in [-0.1, -0.05) is 6.92 Å². The van der Waals surface area contributed by atoms with E-state index in [4.69, 9.17) is 0 Å². The van der Waals surface area contributed by atoms with Gasteiger partial charge in [0.1, 0.15) is 11.5 Å². The lowest BCUT2D eigenvalue weighted by molar-refractivity contribution is -0.141.